The Labute approximate surface area is 118 Å². The van der Waals surface area contributed by atoms with E-state index in [-0.39, 0.29) is 29.8 Å². The Balaban J connectivity index is 3.04. The van der Waals surface area contributed by atoms with Crippen molar-refractivity contribution in [3.63, 3.8) is 0 Å². The molecule has 1 aromatic carbocycles. The standard InChI is InChI=1S/C14H19ClFNO2/c1-3-11(4-2)17(7-8-18)14(19)12-6-5-10(15)9-13(12)16/h5-6,9,11,18H,3-4,7-8H2,1-2H3. The van der Waals surface area contributed by atoms with Crippen molar-refractivity contribution in [2.45, 2.75) is 32.7 Å². The third-order valence-electron chi connectivity index (χ3n) is 3.15. The Kier molecular flexibility index (Phi) is 6.25. The number of rotatable bonds is 6. The predicted octanol–water partition coefficient (Wildman–Crippen LogP) is 3.10. The molecule has 3 nitrogen and oxygen atoms in total. The summed E-state index contributed by atoms with van der Waals surface area (Å²) >= 11 is 5.67. The first-order valence-electron chi connectivity index (χ1n) is 6.42. The summed E-state index contributed by atoms with van der Waals surface area (Å²) in [5.41, 5.74) is -0.00949. The molecule has 19 heavy (non-hydrogen) atoms. The molecule has 0 unspecified atom stereocenters. The van der Waals surface area contributed by atoms with Gasteiger partial charge in [0.25, 0.3) is 5.91 Å². The van der Waals surface area contributed by atoms with Gasteiger partial charge >= 0.3 is 0 Å². The molecule has 1 rings (SSSR count). The van der Waals surface area contributed by atoms with E-state index in [2.05, 4.69) is 0 Å². The lowest BCUT2D eigenvalue weighted by molar-refractivity contribution is 0.0617. The van der Waals surface area contributed by atoms with Gasteiger partial charge in [-0.15, -0.1) is 0 Å². The fourth-order valence-electron chi connectivity index (χ4n) is 2.10. The number of carbonyl (C=O) groups is 1. The normalized spacial score (nSPS) is 10.8. The van der Waals surface area contributed by atoms with Crippen LogP contribution in [0, 0.1) is 5.82 Å². The van der Waals surface area contributed by atoms with Gasteiger partial charge in [0.1, 0.15) is 5.82 Å². The molecule has 0 aliphatic carbocycles. The zero-order valence-electron chi connectivity index (χ0n) is 11.2. The van der Waals surface area contributed by atoms with Crippen molar-refractivity contribution in [2.24, 2.45) is 0 Å². The average molecular weight is 288 g/mol. The van der Waals surface area contributed by atoms with E-state index in [1.807, 2.05) is 13.8 Å². The summed E-state index contributed by atoms with van der Waals surface area (Å²) in [5, 5.41) is 9.33. The molecule has 5 heteroatoms. The molecule has 0 bridgehead atoms. The first kappa shape index (κ1) is 15.9. The summed E-state index contributed by atoms with van der Waals surface area (Å²) in [4.78, 5) is 13.9. The average Bonchev–Trinajstić information content (AvgIpc) is 2.38. The van der Waals surface area contributed by atoms with Crippen LogP contribution in [0.3, 0.4) is 0 Å². The molecule has 0 aromatic heterocycles. The number of nitrogens with zero attached hydrogens (tertiary/aromatic N) is 1. The van der Waals surface area contributed by atoms with E-state index in [0.29, 0.717) is 0 Å². The molecule has 1 N–H and O–H groups in total. The van der Waals surface area contributed by atoms with Crippen molar-refractivity contribution in [3.05, 3.63) is 34.6 Å². The maximum Gasteiger partial charge on any atom is 0.257 e. The maximum absolute atomic E-state index is 13.8. The Hall–Kier alpha value is -1.13. The number of hydrogen-bond acceptors (Lipinski definition) is 2. The molecule has 1 amide bonds. The number of aliphatic hydroxyl groups is 1. The zero-order valence-corrected chi connectivity index (χ0v) is 12.0. The minimum absolute atomic E-state index is 0.00488. The first-order chi connectivity index (χ1) is 9.04. The number of benzene rings is 1. The molecule has 0 aliphatic heterocycles. The highest BCUT2D eigenvalue weighted by Crippen LogP contribution is 2.19. The molecular formula is C14H19ClFNO2. The summed E-state index contributed by atoms with van der Waals surface area (Å²) in [5.74, 6) is -1.04. The van der Waals surface area contributed by atoms with Crippen LogP contribution in [-0.2, 0) is 0 Å². The summed E-state index contributed by atoms with van der Waals surface area (Å²) in [7, 11) is 0. The van der Waals surface area contributed by atoms with Crippen molar-refractivity contribution in [2.75, 3.05) is 13.2 Å². The summed E-state index contributed by atoms with van der Waals surface area (Å²) < 4.78 is 13.8. The molecule has 0 fully saturated rings. The van der Waals surface area contributed by atoms with Crippen LogP contribution in [0.15, 0.2) is 18.2 Å². The topological polar surface area (TPSA) is 40.5 Å². The van der Waals surface area contributed by atoms with Gasteiger partial charge in [-0.25, -0.2) is 4.39 Å². The van der Waals surface area contributed by atoms with E-state index in [1.54, 1.807) is 0 Å². The van der Waals surface area contributed by atoms with E-state index >= 15 is 0 Å². The second-order valence-corrected chi connectivity index (χ2v) is 4.75. The SMILES string of the molecule is CCC(CC)N(CCO)C(=O)c1ccc(Cl)cc1F. The Morgan fingerprint density at radius 2 is 2.05 bits per heavy atom. The second-order valence-electron chi connectivity index (χ2n) is 4.32. The molecule has 0 saturated carbocycles. The van der Waals surface area contributed by atoms with E-state index in [4.69, 9.17) is 16.7 Å². The van der Waals surface area contributed by atoms with Crippen LogP contribution in [0.1, 0.15) is 37.0 Å². The van der Waals surface area contributed by atoms with Crippen LogP contribution >= 0.6 is 11.6 Å². The zero-order chi connectivity index (χ0) is 14.4. The van der Waals surface area contributed by atoms with Gasteiger partial charge in [0, 0.05) is 17.6 Å². The van der Waals surface area contributed by atoms with Crippen LogP contribution in [0.4, 0.5) is 4.39 Å². The number of hydrogen-bond donors (Lipinski definition) is 1. The Bertz CT molecular complexity index is 435. The monoisotopic (exact) mass is 287 g/mol. The fourth-order valence-corrected chi connectivity index (χ4v) is 2.26. The third-order valence-corrected chi connectivity index (χ3v) is 3.38. The van der Waals surface area contributed by atoms with Crippen LogP contribution < -0.4 is 0 Å². The third kappa shape index (κ3) is 3.91. The van der Waals surface area contributed by atoms with Crippen LogP contribution in [-0.4, -0.2) is 35.1 Å². The Morgan fingerprint density at radius 3 is 2.53 bits per heavy atom. The second kappa shape index (κ2) is 7.46. The van der Waals surface area contributed by atoms with Crippen molar-refractivity contribution in [1.29, 1.82) is 0 Å². The molecule has 0 aliphatic rings. The van der Waals surface area contributed by atoms with E-state index < -0.39 is 11.7 Å². The van der Waals surface area contributed by atoms with Crippen molar-refractivity contribution < 1.29 is 14.3 Å². The molecule has 0 atom stereocenters. The molecule has 0 saturated heterocycles. The molecule has 0 radical (unpaired) electrons. The van der Waals surface area contributed by atoms with Crippen LogP contribution in [0.25, 0.3) is 0 Å². The lowest BCUT2D eigenvalue weighted by Crippen LogP contribution is -2.41. The maximum atomic E-state index is 13.8. The number of halogens is 2. The fraction of sp³-hybridized carbons (Fsp3) is 0.500. The predicted molar refractivity (Wildman–Crippen MR) is 73.9 cm³/mol. The highest BCUT2D eigenvalue weighted by molar-refractivity contribution is 6.30. The summed E-state index contributed by atoms with van der Waals surface area (Å²) in [6.45, 7) is 3.98. The van der Waals surface area contributed by atoms with Crippen molar-refractivity contribution in [3.8, 4) is 0 Å². The van der Waals surface area contributed by atoms with Crippen molar-refractivity contribution in [1.82, 2.24) is 4.90 Å². The number of aliphatic hydroxyl groups excluding tert-OH is 1. The summed E-state index contributed by atoms with van der Waals surface area (Å²) in [6.07, 6.45) is 1.52. The van der Waals surface area contributed by atoms with Crippen molar-refractivity contribution >= 4 is 17.5 Å². The van der Waals surface area contributed by atoms with Gasteiger partial charge in [-0.3, -0.25) is 4.79 Å². The van der Waals surface area contributed by atoms with Crippen LogP contribution in [0.2, 0.25) is 5.02 Å². The lowest BCUT2D eigenvalue weighted by Gasteiger charge is -2.30. The molecule has 0 spiro atoms. The van der Waals surface area contributed by atoms with E-state index in [1.165, 1.54) is 17.0 Å². The first-order valence-corrected chi connectivity index (χ1v) is 6.79. The Morgan fingerprint density at radius 1 is 1.42 bits per heavy atom. The number of amides is 1. The minimum Gasteiger partial charge on any atom is -0.395 e. The van der Waals surface area contributed by atoms with Gasteiger partial charge in [-0.2, -0.15) is 0 Å². The van der Waals surface area contributed by atoms with E-state index in [9.17, 15) is 9.18 Å². The van der Waals surface area contributed by atoms with Gasteiger partial charge in [0.05, 0.1) is 12.2 Å². The van der Waals surface area contributed by atoms with Gasteiger partial charge < -0.3 is 10.0 Å². The molecule has 0 heterocycles. The minimum atomic E-state index is -0.633. The highest BCUT2D eigenvalue weighted by atomic mass is 35.5. The van der Waals surface area contributed by atoms with Gasteiger partial charge in [-0.05, 0) is 31.0 Å². The lowest BCUT2D eigenvalue weighted by atomic mass is 10.1. The largest absolute Gasteiger partial charge is 0.395 e. The van der Waals surface area contributed by atoms with E-state index in [0.717, 1.165) is 18.9 Å². The molecule has 1 aromatic rings. The quantitative estimate of drug-likeness (QED) is 0.873. The van der Waals surface area contributed by atoms with Gasteiger partial charge in [0.15, 0.2) is 0 Å². The summed E-state index contributed by atoms with van der Waals surface area (Å²) in [6, 6.07) is 3.99. The van der Waals surface area contributed by atoms with Gasteiger partial charge in [0.2, 0.25) is 0 Å². The highest BCUT2D eigenvalue weighted by Gasteiger charge is 2.24. The molecule has 106 valence electrons. The smallest absolute Gasteiger partial charge is 0.257 e. The van der Waals surface area contributed by atoms with Gasteiger partial charge in [-0.1, -0.05) is 25.4 Å². The molecular weight excluding hydrogens is 269 g/mol. The number of carbonyl (C=O) groups excluding carboxylic acids is 1. The van der Waals surface area contributed by atoms with Crippen LogP contribution in [0.5, 0.6) is 0 Å².